The third-order valence-electron chi connectivity index (χ3n) is 0.556. The van der Waals surface area contributed by atoms with Crippen LogP contribution in [-0.2, 0) is 17.4 Å². The fourth-order valence-electron chi connectivity index (χ4n) is 0.321. The summed E-state index contributed by atoms with van der Waals surface area (Å²) in [6, 6.07) is 0. The third-order valence-corrected chi connectivity index (χ3v) is 0.556. The van der Waals surface area contributed by atoms with Crippen LogP contribution >= 0.6 is 0 Å². The van der Waals surface area contributed by atoms with Gasteiger partial charge in [0.1, 0.15) is 0 Å². The zero-order chi connectivity index (χ0) is 3.54. The summed E-state index contributed by atoms with van der Waals surface area (Å²) in [6.07, 6.45) is 10.0. The largest absolute Gasteiger partial charge is 0.0767 e. The van der Waals surface area contributed by atoms with E-state index in [-0.39, 0.29) is 17.4 Å². The SMILES string of the molecule is [CH]1C=CC=C1.[Cr]. The van der Waals surface area contributed by atoms with Crippen molar-refractivity contribution in [3.63, 3.8) is 0 Å². The van der Waals surface area contributed by atoms with Crippen LogP contribution in [0.15, 0.2) is 24.3 Å². The molecule has 0 amide bonds. The average molecular weight is 117 g/mol. The minimum Gasteiger partial charge on any atom is -0.0767 e. The van der Waals surface area contributed by atoms with Gasteiger partial charge in [-0.2, -0.15) is 0 Å². The van der Waals surface area contributed by atoms with Gasteiger partial charge in [0.15, 0.2) is 0 Å². The molecule has 0 unspecified atom stereocenters. The van der Waals surface area contributed by atoms with Gasteiger partial charge < -0.3 is 0 Å². The zero-order valence-corrected chi connectivity index (χ0v) is 4.57. The Kier molecular flexibility index (Phi) is 3.22. The van der Waals surface area contributed by atoms with Crippen molar-refractivity contribution in [1.82, 2.24) is 0 Å². The second kappa shape index (κ2) is 3.21. The maximum atomic E-state index is 2.00. The maximum Gasteiger partial charge on any atom is 0.00506 e. The second-order valence-corrected chi connectivity index (χ2v) is 0.962. The van der Waals surface area contributed by atoms with Crippen LogP contribution in [0.5, 0.6) is 0 Å². The van der Waals surface area contributed by atoms with E-state index in [9.17, 15) is 0 Å². The Morgan fingerprint density at radius 1 is 0.667 bits per heavy atom. The molecule has 0 heterocycles. The van der Waals surface area contributed by atoms with Crippen molar-refractivity contribution >= 4 is 0 Å². The average Bonchev–Trinajstić information content (AvgIpc) is 1.76. The van der Waals surface area contributed by atoms with Crippen LogP contribution in [0.3, 0.4) is 0 Å². The molecule has 0 aromatic carbocycles. The fraction of sp³-hybridized carbons (Fsp3) is 0. The van der Waals surface area contributed by atoms with Gasteiger partial charge in [-0.3, -0.25) is 0 Å². The molecule has 0 saturated heterocycles. The van der Waals surface area contributed by atoms with Crippen molar-refractivity contribution in [2.24, 2.45) is 0 Å². The molecule has 31 valence electrons. The van der Waals surface area contributed by atoms with E-state index < -0.39 is 0 Å². The van der Waals surface area contributed by atoms with Gasteiger partial charge >= 0.3 is 0 Å². The molecule has 1 radical (unpaired) electrons. The van der Waals surface area contributed by atoms with Gasteiger partial charge in [-0.1, -0.05) is 24.3 Å². The smallest absolute Gasteiger partial charge is 0.00506 e. The van der Waals surface area contributed by atoms with Crippen molar-refractivity contribution in [1.29, 1.82) is 0 Å². The Bertz CT molecular complexity index is 62.0. The van der Waals surface area contributed by atoms with Crippen molar-refractivity contribution in [3.05, 3.63) is 30.7 Å². The molecule has 0 atom stereocenters. The summed E-state index contributed by atoms with van der Waals surface area (Å²) in [6.45, 7) is 0. The zero-order valence-electron chi connectivity index (χ0n) is 3.29. The molecular formula is C5H5Cr. The quantitative estimate of drug-likeness (QED) is 0.448. The maximum absolute atomic E-state index is 2.00. The minimum atomic E-state index is 0. The van der Waals surface area contributed by atoms with E-state index in [1.54, 1.807) is 0 Å². The Balaban J connectivity index is 0.000000250. The van der Waals surface area contributed by atoms with Gasteiger partial charge in [-0.25, -0.2) is 0 Å². The van der Waals surface area contributed by atoms with Gasteiger partial charge in [-0.15, -0.1) is 0 Å². The Hall–Kier alpha value is 0.0125. The fourth-order valence-corrected chi connectivity index (χ4v) is 0.321. The Morgan fingerprint density at radius 2 is 1.17 bits per heavy atom. The van der Waals surface area contributed by atoms with Crippen LogP contribution in [0.1, 0.15) is 0 Å². The van der Waals surface area contributed by atoms with E-state index in [1.807, 2.05) is 30.7 Å². The summed E-state index contributed by atoms with van der Waals surface area (Å²) in [7, 11) is 0. The number of rotatable bonds is 0. The van der Waals surface area contributed by atoms with E-state index in [1.165, 1.54) is 0 Å². The van der Waals surface area contributed by atoms with Crippen LogP contribution in [0.2, 0.25) is 0 Å². The first-order valence-corrected chi connectivity index (χ1v) is 1.67. The summed E-state index contributed by atoms with van der Waals surface area (Å²) in [5.74, 6) is 0. The first-order chi connectivity index (χ1) is 2.50. The topological polar surface area (TPSA) is 0 Å². The molecule has 0 saturated carbocycles. The number of allylic oxidation sites excluding steroid dienone is 4. The summed E-state index contributed by atoms with van der Waals surface area (Å²) in [5, 5.41) is 0. The normalized spacial score (nSPS) is 14.7. The van der Waals surface area contributed by atoms with Gasteiger partial charge in [0.2, 0.25) is 0 Å². The van der Waals surface area contributed by atoms with Gasteiger partial charge in [0, 0.05) is 23.8 Å². The van der Waals surface area contributed by atoms with Crippen molar-refractivity contribution in [2.45, 2.75) is 0 Å². The second-order valence-electron chi connectivity index (χ2n) is 0.962. The van der Waals surface area contributed by atoms with Crippen molar-refractivity contribution in [3.8, 4) is 0 Å². The third kappa shape index (κ3) is 1.45. The van der Waals surface area contributed by atoms with Crippen LogP contribution < -0.4 is 0 Å². The minimum absolute atomic E-state index is 0. The van der Waals surface area contributed by atoms with Crippen LogP contribution in [0, 0.1) is 6.42 Å². The Labute approximate surface area is 48.7 Å². The van der Waals surface area contributed by atoms with E-state index in [0.717, 1.165) is 0 Å². The molecule has 6 heavy (non-hydrogen) atoms. The molecule has 0 spiro atoms. The molecule has 0 aromatic rings. The van der Waals surface area contributed by atoms with Crippen LogP contribution in [0.4, 0.5) is 0 Å². The van der Waals surface area contributed by atoms with Crippen LogP contribution in [0.25, 0.3) is 0 Å². The molecule has 1 rings (SSSR count). The molecule has 0 bridgehead atoms. The van der Waals surface area contributed by atoms with E-state index in [4.69, 9.17) is 0 Å². The molecule has 0 N–H and O–H groups in total. The van der Waals surface area contributed by atoms with Crippen molar-refractivity contribution in [2.75, 3.05) is 0 Å². The molecule has 0 aliphatic heterocycles. The predicted molar refractivity (Wildman–Crippen MR) is 22.6 cm³/mol. The summed E-state index contributed by atoms with van der Waals surface area (Å²) in [4.78, 5) is 0. The molecular weight excluding hydrogens is 112 g/mol. The first kappa shape index (κ1) is 6.01. The van der Waals surface area contributed by atoms with Crippen LogP contribution in [-0.4, -0.2) is 0 Å². The molecule has 0 fully saturated rings. The summed E-state index contributed by atoms with van der Waals surface area (Å²) in [5.41, 5.74) is 0. The molecule has 1 aliphatic carbocycles. The standard InChI is InChI=1S/C5H5.Cr/c1-2-4-5-3-1;/h1-5H;. The van der Waals surface area contributed by atoms with Gasteiger partial charge in [-0.05, 0) is 0 Å². The van der Waals surface area contributed by atoms with Crippen molar-refractivity contribution < 1.29 is 17.4 Å². The summed E-state index contributed by atoms with van der Waals surface area (Å²) < 4.78 is 0. The Morgan fingerprint density at radius 3 is 1.33 bits per heavy atom. The molecule has 1 heteroatoms. The molecule has 0 nitrogen and oxygen atoms in total. The van der Waals surface area contributed by atoms with E-state index in [2.05, 4.69) is 0 Å². The van der Waals surface area contributed by atoms with Gasteiger partial charge in [0.25, 0.3) is 0 Å². The predicted octanol–water partition coefficient (Wildman–Crippen LogP) is 1.31. The monoisotopic (exact) mass is 117 g/mol. The van der Waals surface area contributed by atoms with E-state index >= 15 is 0 Å². The van der Waals surface area contributed by atoms with E-state index in [0.29, 0.717) is 0 Å². The summed E-state index contributed by atoms with van der Waals surface area (Å²) >= 11 is 0. The first-order valence-electron chi connectivity index (χ1n) is 1.67. The van der Waals surface area contributed by atoms with Gasteiger partial charge in [0.05, 0.1) is 0 Å². The number of hydrogen-bond donors (Lipinski definition) is 0. The molecule has 1 aliphatic rings. The number of hydrogen-bond acceptors (Lipinski definition) is 0. The molecule has 0 aromatic heterocycles.